The molecule has 2 aliphatic heterocycles. The topological polar surface area (TPSA) is 95.9 Å². The highest BCUT2D eigenvalue weighted by Crippen LogP contribution is 2.41. The molecule has 2 N–H and O–H groups in total. The lowest BCUT2D eigenvalue weighted by Gasteiger charge is -2.23. The lowest BCUT2D eigenvalue weighted by molar-refractivity contribution is -0.149. The Labute approximate surface area is 144 Å². The molecular formula is C18H20N2O5. The van der Waals surface area contributed by atoms with E-state index in [1.165, 1.54) is 17.6 Å². The quantitative estimate of drug-likeness (QED) is 0.830. The summed E-state index contributed by atoms with van der Waals surface area (Å²) in [6, 6.07) is 3.78. The molecule has 4 rings (SSSR count). The highest BCUT2D eigenvalue weighted by Gasteiger charge is 2.60. The van der Waals surface area contributed by atoms with Crippen LogP contribution in [-0.2, 0) is 22.4 Å². The predicted octanol–water partition coefficient (Wildman–Crippen LogP) is 0.457. The van der Waals surface area contributed by atoms with Gasteiger partial charge in [0.15, 0.2) is 0 Å². The van der Waals surface area contributed by atoms with Crippen molar-refractivity contribution in [1.29, 1.82) is 0 Å². The average Bonchev–Trinajstić information content (AvgIpc) is 3.28. The van der Waals surface area contributed by atoms with Crippen LogP contribution in [0.3, 0.4) is 0 Å². The van der Waals surface area contributed by atoms with Crippen molar-refractivity contribution in [3.8, 4) is 5.75 Å². The number of hydrogen-bond donors (Lipinski definition) is 2. The Morgan fingerprint density at radius 2 is 2.04 bits per heavy atom. The van der Waals surface area contributed by atoms with Crippen LogP contribution in [-0.4, -0.2) is 54.5 Å². The Morgan fingerprint density at radius 3 is 2.68 bits per heavy atom. The van der Waals surface area contributed by atoms with Crippen LogP contribution >= 0.6 is 0 Å². The lowest BCUT2D eigenvalue weighted by Crippen LogP contribution is -2.41. The van der Waals surface area contributed by atoms with Gasteiger partial charge in [-0.15, -0.1) is 0 Å². The van der Waals surface area contributed by atoms with Gasteiger partial charge in [0, 0.05) is 19.6 Å². The molecule has 0 bridgehead atoms. The highest BCUT2D eigenvalue weighted by molar-refractivity contribution is 6.00. The zero-order chi connectivity index (χ0) is 17.8. The second kappa shape index (κ2) is 5.47. The molecule has 0 unspecified atom stereocenters. The molecule has 132 valence electrons. The summed E-state index contributed by atoms with van der Waals surface area (Å²) in [5.74, 6) is -1.79. The number of carboxylic acids is 1. The number of carbonyl (C=O) groups excluding carboxylic acids is 2. The van der Waals surface area contributed by atoms with Crippen LogP contribution in [0.4, 0.5) is 0 Å². The van der Waals surface area contributed by atoms with Gasteiger partial charge in [-0.05, 0) is 42.5 Å². The van der Waals surface area contributed by atoms with Gasteiger partial charge < -0.3 is 20.1 Å². The minimum absolute atomic E-state index is 0.0326. The van der Waals surface area contributed by atoms with Gasteiger partial charge in [-0.25, -0.2) is 0 Å². The van der Waals surface area contributed by atoms with Crippen LogP contribution in [0.25, 0.3) is 0 Å². The van der Waals surface area contributed by atoms with Crippen LogP contribution in [0.2, 0.25) is 0 Å². The molecule has 1 aliphatic carbocycles. The van der Waals surface area contributed by atoms with Gasteiger partial charge in [-0.2, -0.15) is 0 Å². The SMILES string of the molecule is COc1cc2c(cc1C(=O)N1C[C@H]3C(=O)NC[C@@]3(C(=O)O)C1)CCC2. The smallest absolute Gasteiger partial charge is 0.314 e. The van der Waals surface area contributed by atoms with Crippen LogP contribution in [0.1, 0.15) is 27.9 Å². The van der Waals surface area contributed by atoms with E-state index in [2.05, 4.69) is 5.32 Å². The van der Waals surface area contributed by atoms with Crippen LogP contribution in [0, 0.1) is 11.3 Å². The molecule has 2 heterocycles. The first kappa shape index (κ1) is 15.9. The van der Waals surface area contributed by atoms with Crippen molar-refractivity contribution in [1.82, 2.24) is 10.2 Å². The number of ether oxygens (including phenoxy) is 1. The molecule has 0 radical (unpaired) electrons. The summed E-state index contributed by atoms with van der Waals surface area (Å²) < 4.78 is 5.40. The Hall–Kier alpha value is -2.57. The zero-order valence-electron chi connectivity index (χ0n) is 14.0. The van der Waals surface area contributed by atoms with Gasteiger partial charge in [0.05, 0.1) is 18.6 Å². The summed E-state index contributed by atoms with van der Waals surface area (Å²) in [5.41, 5.74) is 1.57. The minimum Gasteiger partial charge on any atom is -0.496 e. The normalized spacial score (nSPS) is 27.0. The zero-order valence-corrected chi connectivity index (χ0v) is 14.0. The molecule has 2 amide bonds. The second-order valence-electron chi connectivity index (χ2n) is 7.09. The van der Waals surface area contributed by atoms with Gasteiger partial charge in [0.2, 0.25) is 5.91 Å². The maximum Gasteiger partial charge on any atom is 0.314 e. The van der Waals surface area contributed by atoms with Crippen molar-refractivity contribution in [2.45, 2.75) is 19.3 Å². The second-order valence-corrected chi connectivity index (χ2v) is 7.09. The Morgan fingerprint density at radius 1 is 1.32 bits per heavy atom. The predicted molar refractivity (Wildman–Crippen MR) is 87.5 cm³/mol. The first-order valence-corrected chi connectivity index (χ1v) is 8.46. The number of aliphatic carboxylic acids is 1. The molecule has 7 heteroatoms. The van der Waals surface area contributed by atoms with Gasteiger partial charge in [-0.1, -0.05) is 0 Å². The van der Waals surface area contributed by atoms with E-state index in [0.717, 1.165) is 24.8 Å². The van der Waals surface area contributed by atoms with E-state index in [4.69, 9.17) is 4.74 Å². The number of benzene rings is 1. The van der Waals surface area contributed by atoms with E-state index < -0.39 is 17.3 Å². The standard InChI is InChI=1S/C18H20N2O5/c1-25-14-6-11-4-2-3-10(11)5-12(14)16(22)20-7-13-15(21)19-8-18(13,9-20)17(23)24/h5-6,13H,2-4,7-9H2,1H3,(H,19,21)(H,23,24)/t13-,18+/m0/s1. The maximum absolute atomic E-state index is 13.1. The largest absolute Gasteiger partial charge is 0.496 e. The monoisotopic (exact) mass is 344 g/mol. The van der Waals surface area contributed by atoms with Crippen LogP contribution < -0.4 is 10.1 Å². The molecule has 3 aliphatic rings. The molecule has 2 atom stereocenters. The van der Waals surface area contributed by atoms with Gasteiger partial charge >= 0.3 is 5.97 Å². The number of rotatable bonds is 3. The third-order valence-electron chi connectivity index (χ3n) is 5.80. The van der Waals surface area contributed by atoms with Gasteiger partial charge in [0.1, 0.15) is 11.2 Å². The molecule has 25 heavy (non-hydrogen) atoms. The Bertz CT molecular complexity index is 790. The van der Waals surface area contributed by atoms with Crippen molar-refractivity contribution in [2.75, 3.05) is 26.7 Å². The number of hydrogen-bond acceptors (Lipinski definition) is 4. The molecular weight excluding hydrogens is 324 g/mol. The van der Waals surface area contributed by atoms with E-state index in [0.29, 0.717) is 11.3 Å². The molecule has 1 aromatic rings. The summed E-state index contributed by atoms with van der Waals surface area (Å²) in [5, 5.41) is 12.3. The number of carbonyl (C=O) groups is 3. The first-order valence-electron chi connectivity index (χ1n) is 8.46. The van der Waals surface area contributed by atoms with Gasteiger partial charge in [0.25, 0.3) is 5.91 Å². The minimum atomic E-state index is -1.23. The number of methoxy groups -OCH3 is 1. The molecule has 1 aromatic carbocycles. The molecule has 0 saturated carbocycles. The molecule has 0 spiro atoms. The molecule has 7 nitrogen and oxygen atoms in total. The molecule has 2 saturated heterocycles. The summed E-state index contributed by atoms with van der Waals surface area (Å²) in [6.45, 7) is 0.221. The number of likely N-dealkylation sites (tertiary alicyclic amines) is 1. The Kier molecular flexibility index (Phi) is 3.49. The van der Waals surface area contributed by atoms with Crippen LogP contribution in [0.5, 0.6) is 5.75 Å². The highest BCUT2D eigenvalue weighted by atomic mass is 16.5. The van der Waals surface area contributed by atoms with Crippen molar-refractivity contribution in [3.63, 3.8) is 0 Å². The summed E-state index contributed by atoms with van der Waals surface area (Å²) >= 11 is 0. The Balaban J connectivity index is 1.67. The number of fused-ring (bicyclic) bond motifs is 2. The number of carboxylic acid groups (broad SMARTS) is 1. The fourth-order valence-electron chi connectivity index (χ4n) is 4.35. The summed E-state index contributed by atoms with van der Waals surface area (Å²) in [7, 11) is 1.53. The first-order chi connectivity index (χ1) is 12.0. The van der Waals surface area contributed by atoms with E-state index in [-0.39, 0.29) is 31.4 Å². The van der Waals surface area contributed by atoms with E-state index in [9.17, 15) is 19.5 Å². The summed E-state index contributed by atoms with van der Waals surface area (Å²) in [6.07, 6.45) is 2.97. The number of nitrogens with zero attached hydrogens (tertiary/aromatic N) is 1. The van der Waals surface area contributed by atoms with Crippen molar-refractivity contribution in [2.24, 2.45) is 11.3 Å². The average molecular weight is 344 g/mol. The third-order valence-corrected chi connectivity index (χ3v) is 5.80. The van der Waals surface area contributed by atoms with Crippen molar-refractivity contribution >= 4 is 17.8 Å². The van der Waals surface area contributed by atoms with E-state index in [1.54, 1.807) is 0 Å². The number of nitrogens with one attached hydrogen (secondary N) is 1. The number of amides is 2. The van der Waals surface area contributed by atoms with Gasteiger partial charge in [-0.3, -0.25) is 14.4 Å². The summed E-state index contributed by atoms with van der Waals surface area (Å²) in [4.78, 5) is 38.3. The molecule has 2 fully saturated rings. The lowest BCUT2D eigenvalue weighted by atomic mass is 9.81. The maximum atomic E-state index is 13.1. The third kappa shape index (κ3) is 2.22. The molecule has 0 aromatic heterocycles. The number of aryl methyl sites for hydroxylation is 2. The fraction of sp³-hybridized carbons (Fsp3) is 0.500. The fourth-order valence-corrected chi connectivity index (χ4v) is 4.35. The van der Waals surface area contributed by atoms with Crippen LogP contribution in [0.15, 0.2) is 12.1 Å². The van der Waals surface area contributed by atoms with E-state index in [1.807, 2.05) is 12.1 Å². The van der Waals surface area contributed by atoms with Crippen molar-refractivity contribution < 1.29 is 24.2 Å². The van der Waals surface area contributed by atoms with Crippen molar-refractivity contribution in [3.05, 3.63) is 28.8 Å². The van der Waals surface area contributed by atoms with E-state index >= 15 is 0 Å².